The van der Waals surface area contributed by atoms with Crippen molar-refractivity contribution in [1.29, 1.82) is 0 Å². The van der Waals surface area contributed by atoms with Gasteiger partial charge < -0.3 is 15.7 Å². The molecule has 1 saturated heterocycles. The molecule has 138 valence electrons. The second-order valence-electron chi connectivity index (χ2n) is 5.71. The average molecular weight is 405 g/mol. The van der Waals surface area contributed by atoms with Crippen LogP contribution in [-0.2, 0) is 0 Å². The Labute approximate surface area is 154 Å². The number of amides is 2. The highest BCUT2D eigenvalue weighted by Gasteiger charge is 2.66. The van der Waals surface area contributed by atoms with Crippen LogP contribution in [0.2, 0.25) is 5.02 Å². The Balaban J connectivity index is 2.14. The van der Waals surface area contributed by atoms with Gasteiger partial charge in [0.1, 0.15) is 5.92 Å². The van der Waals surface area contributed by atoms with Crippen molar-refractivity contribution in [1.82, 2.24) is 10.6 Å². The van der Waals surface area contributed by atoms with Crippen molar-refractivity contribution in [3.8, 4) is 0 Å². The van der Waals surface area contributed by atoms with Gasteiger partial charge >= 0.3 is 12.2 Å². The summed E-state index contributed by atoms with van der Waals surface area (Å²) in [7, 11) is 0. The molecule has 2 heterocycles. The summed E-state index contributed by atoms with van der Waals surface area (Å²) in [5.74, 6) is -2.97. The number of halogens is 4. The zero-order valence-corrected chi connectivity index (χ0v) is 14.5. The number of carbonyl (C=O) groups is 2. The number of Topliss-reactive ketones (excluding diaryl/α,β-unsaturated/α-hetero) is 1. The molecule has 3 rings (SSSR count). The van der Waals surface area contributed by atoms with Crippen LogP contribution in [0.4, 0.5) is 18.0 Å². The van der Waals surface area contributed by atoms with Crippen LogP contribution in [0.25, 0.3) is 0 Å². The van der Waals surface area contributed by atoms with Crippen molar-refractivity contribution in [3.05, 3.63) is 57.2 Å². The fourth-order valence-electron chi connectivity index (χ4n) is 2.86. The summed E-state index contributed by atoms with van der Waals surface area (Å²) < 4.78 is 40.9. The minimum absolute atomic E-state index is 0.0367. The summed E-state index contributed by atoms with van der Waals surface area (Å²) in [4.78, 5) is 24.7. The van der Waals surface area contributed by atoms with Crippen LogP contribution in [0, 0.1) is 5.92 Å². The van der Waals surface area contributed by atoms with E-state index in [2.05, 4.69) is 5.32 Å². The molecule has 0 aliphatic carbocycles. The fraction of sp³-hybridized carbons (Fsp3) is 0.250. The highest BCUT2D eigenvalue weighted by molar-refractivity contribution is 7.12. The van der Waals surface area contributed by atoms with Gasteiger partial charge in [0.15, 0.2) is 5.78 Å². The third kappa shape index (κ3) is 3.17. The van der Waals surface area contributed by atoms with Crippen LogP contribution in [-0.4, -0.2) is 28.8 Å². The van der Waals surface area contributed by atoms with E-state index in [4.69, 9.17) is 11.6 Å². The number of rotatable bonds is 3. The van der Waals surface area contributed by atoms with E-state index in [1.54, 1.807) is 0 Å². The maximum absolute atomic E-state index is 13.6. The quantitative estimate of drug-likeness (QED) is 0.685. The van der Waals surface area contributed by atoms with Crippen molar-refractivity contribution in [3.63, 3.8) is 0 Å². The number of ketones is 1. The number of hydrogen-bond donors (Lipinski definition) is 3. The Morgan fingerprint density at radius 1 is 1.23 bits per heavy atom. The van der Waals surface area contributed by atoms with E-state index < -0.39 is 35.7 Å². The first-order chi connectivity index (χ1) is 12.1. The van der Waals surface area contributed by atoms with E-state index in [1.165, 1.54) is 47.1 Å². The Morgan fingerprint density at radius 3 is 2.42 bits per heavy atom. The zero-order chi connectivity index (χ0) is 19.1. The Morgan fingerprint density at radius 2 is 1.88 bits per heavy atom. The van der Waals surface area contributed by atoms with E-state index in [9.17, 15) is 27.9 Å². The summed E-state index contributed by atoms with van der Waals surface area (Å²) in [6.07, 6.45) is -5.27. The SMILES string of the molecule is O=C1N[C@@H](c2ccc(Cl)cc2)[C@@H](C(=O)c2cccs2)[C@](O)(C(F)(F)F)N1. The smallest absolute Gasteiger partial charge is 0.363 e. The lowest BCUT2D eigenvalue weighted by Crippen LogP contribution is -2.72. The van der Waals surface area contributed by atoms with Gasteiger partial charge in [-0.3, -0.25) is 4.79 Å². The summed E-state index contributed by atoms with van der Waals surface area (Å²) >= 11 is 6.74. The third-order valence-electron chi connectivity index (χ3n) is 4.08. The molecule has 1 aliphatic heterocycles. The molecular weight excluding hydrogens is 393 g/mol. The molecule has 0 saturated carbocycles. The molecule has 0 radical (unpaired) electrons. The Bertz CT molecular complexity index is 826. The van der Waals surface area contributed by atoms with Crippen molar-refractivity contribution in [2.75, 3.05) is 0 Å². The standard InChI is InChI=1S/C16H12ClF3N2O3S/c17-9-5-3-8(4-6-9)12-11(13(23)10-2-1-7-26-10)15(25,16(18,19)20)22-14(24)21-12/h1-7,11-12,25H,(H2,21,22,24)/t11-,12-,15-/m0/s1. The molecule has 10 heteroatoms. The molecule has 0 bridgehead atoms. The van der Waals surface area contributed by atoms with E-state index in [0.29, 0.717) is 5.02 Å². The first-order valence-corrected chi connectivity index (χ1v) is 8.60. The molecule has 1 aliphatic rings. The van der Waals surface area contributed by atoms with Gasteiger partial charge in [-0.2, -0.15) is 13.2 Å². The van der Waals surface area contributed by atoms with E-state index >= 15 is 0 Å². The van der Waals surface area contributed by atoms with Crippen LogP contribution < -0.4 is 10.6 Å². The van der Waals surface area contributed by atoms with Crippen molar-refractivity contribution >= 4 is 34.8 Å². The van der Waals surface area contributed by atoms with Crippen LogP contribution in [0.15, 0.2) is 41.8 Å². The molecule has 3 atom stereocenters. The molecule has 3 N–H and O–H groups in total. The van der Waals surface area contributed by atoms with Gasteiger partial charge in [0.25, 0.3) is 0 Å². The van der Waals surface area contributed by atoms with E-state index in [0.717, 1.165) is 11.3 Å². The third-order valence-corrected chi connectivity index (χ3v) is 5.22. The molecule has 2 amide bonds. The molecule has 1 aromatic heterocycles. The zero-order valence-electron chi connectivity index (χ0n) is 12.9. The minimum Gasteiger partial charge on any atom is -0.363 e. The van der Waals surface area contributed by atoms with Crippen LogP contribution >= 0.6 is 22.9 Å². The molecule has 1 aromatic carbocycles. The fourth-order valence-corrected chi connectivity index (χ4v) is 3.69. The van der Waals surface area contributed by atoms with Crippen LogP contribution in [0.5, 0.6) is 0 Å². The number of carbonyl (C=O) groups excluding carboxylic acids is 2. The lowest BCUT2D eigenvalue weighted by atomic mass is 9.78. The second kappa shape index (κ2) is 6.57. The van der Waals surface area contributed by atoms with Crippen LogP contribution in [0.1, 0.15) is 21.3 Å². The molecule has 0 unspecified atom stereocenters. The number of urea groups is 1. The number of alkyl halides is 3. The molecule has 1 fully saturated rings. The van der Waals surface area contributed by atoms with Gasteiger partial charge in [0.2, 0.25) is 5.72 Å². The first kappa shape index (κ1) is 18.7. The summed E-state index contributed by atoms with van der Waals surface area (Å²) in [5, 5.41) is 16.0. The largest absolute Gasteiger partial charge is 0.437 e. The Hall–Kier alpha value is -2.10. The molecule has 26 heavy (non-hydrogen) atoms. The number of benzene rings is 1. The van der Waals surface area contributed by atoms with Gasteiger partial charge in [-0.05, 0) is 29.1 Å². The maximum Gasteiger partial charge on any atom is 0.437 e. The molecular formula is C16H12ClF3N2O3S. The number of nitrogens with one attached hydrogen (secondary N) is 2. The van der Waals surface area contributed by atoms with Gasteiger partial charge in [-0.25, -0.2) is 4.79 Å². The number of thiophene rings is 1. The molecule has 2 aromatic rings. The number of hydrogen-bond acceptors (Lipinski definition) is 4. The van der Waals surface area contributed by atoms with Gasteiger partial charge in [0, 0.05) is 5.02 Å². The predicted octanol–water partition coefficient (Wildman–Crippen LogP) is 3.51. The lowest BCUT2D eigenvalue weighted by Gasteiger charge is -2.44. The van der Waals surface area contributed by atoms with Gasteiger partial charge in [-0.1, -0.05) is 29.8 Å². The van der Waals surface area contributed by atoms with Gasteiger partial charge in [-0.15, -0.1) is 11.3 Å². The monoisotopic (exact) mass is 404 g/mol. The summed E-state index contributed by atoms with van der Waals surface area (Å²) in [5.41, 5.74) is -3.51. The summed E-state index contributed by atoms with van der Waals surface area (Å²) in [6, 6.07) is 5.86. The van der Waals surface area contributed by atoms with Gasteiger partial charge in [0.05, 0.1) is 10.9 Å². The highest BCUT2D eigenvalue weighted by atomic mass is 35.5. The van der Waals surface area contributed by atoms with Crippen molar-refractivity contribution in [2.45, 2.75) is 17.9 Å². The summed E-state index contributed by atoms with van der Waals surface area (Å²) in [6.45, 7) is 0. The number of aliphatic hydroxyl groups is 1. The lowest BCUT2D eigenvalue weighted by molar-refractivity contribution is -0.287. The maximum atomic E-state index is 13.6. The van der Waals surface area contributed by atoms with E-state index in [-0.39, 0.29) is 10.4 Å². The molecule has 5 nitrogen and oxygen atoms in total. The van der Waals surface area contributed by atoms with E-state index in [1.807, 2.05) is 0 Å². The average Bonchev–Trinajstić information content (AvgIpc) is 3.08. The molecule has 0 spiro atoms. The second-order valence-corrected chi connectivity index (χ2v) is 7.10. The topological polar surface area (TPSA) is 78.4 Å². The van der Waals surface area contributed by atoms with Crippen molar-refractivity contribution < 1.29 is 27.9 Å². The minimum atomic E-state index is -5.27. The van der Waals surface area contributed by atoms with Crippen LogP contribution in [0.3, 0.4) is 0 Å². The Kier molecular flexibility index (Phi) is 4.72. The predicted molar refractivity (Wildman–Crippen MR) is 89.0 cm³/mol. The first-order valence-electron chi connectivity index (χ1n) is 7.34. The highest BCUT2D eigenvalue weighted by Crippen LogP contribution is 2.44. The normalized spacial score (nSPS) is 26.1. The van der Waals surface area contributed by atoms with Crippen molar-refractivity contribution in [2.24, 2.45) is 5.92 Å².